The minimum atomic E-state index is 0.785. The van der Waals surface area contributed by atoms with Crippen LogP contribution in [-0.2, 0) is 6.54 Å². The molecule has 28 heavy (non-hydrogen) atoms. The Kier molecular flexibility index (Phi) is 8.54. The van der Waals surface area contributed by atoms with Gasteiger partial charge >= 0.3 is 0 Å². The lowest BCUT2D eigenvalue weighted by Gasteiger charge is -2.21. The average molecular weight is 382 g/mol. The Hall–Kier alpha value is -2.16. The van der Waals surface area contributed by atoms with E-state index in [9.17, 15) is 0 Å². The Morgan fingerprint density at radius 1 is 0.893 bits per heavy atom. The lowest BCUT2D eigenvalue weighted by molar-refractivity contribution is 0.246. The van der Waals surface area contributed by atoms with Crippen molar-refractivity contribution >= 4 is 5.69 Å². The molecule has 1 N–H and O–H groups in total. The molecule has 0 aliphatic heterocycles. The van der Waals surface area contributed by atoms with Gasteiger partial charge in [-0.2, -0.15) is 0 Å². The van der Waals surface area contributed by atoms with E-state index in [4.69, 9.17) is 9.47 Å². The first-order valence-electron chi connectivity index (χ1n) is 11.0. The Bertz CT molecular complexity index is 677. The molecule has 152 valence electrons. The summed E-state index contributed by atoms with van der Waals surface area (Å²) in [5.41, 5.74) is 2.33. The number of nitrogens with one attached hydrogen (secondary N) is 1. The van der Waals surface area contributed by atoms with Gasteiger partial charge in [-0.1, -0.05) is 57.6 Å². The molecule has 1 aliphatic carbocycles. The van der Waals surface area contributed by atoms with E-state index < -0.39 is 0 Å². The normalized spacial score (nSPS) is 14.6. The molecular formula is C25H35NO2. The van der Waals surface area contributed by atoms with Crippen molar-refractivity contribution in [3.05, 3.63) is 54.1 Å². The zero-order valence-corrected chi connectivity index (χ0v) is 17.3. The minimum absolute atomic E-state index is 0.785. The second-order valence-corrected chi connectivity index (χ2v) is 7.87. The van der Waals surface area contributed by atoms with Crippen molar-refractivity contribution in [1.29, 1.82) is 0 Å². The smallest absolute Gasteiger partial charge is 0.119 e. The van der Waals surface area contributed by atoms with Crippen molar-refractivity contribution in [2.24, 2.45) is 5.92 Å². The van der Waals surface area contributed by atoms with Gasteiger partial charge in [-0.15, -0.1) is 0 Å². The lowest BCUT2D eigenvalue weighted by Crippen LogP contribution is -2.10. The van der Waals surface area contributed by atoms with E-state index in [1.54, 1.807) is 0 Å². The van der Waals surface area contributed by atoms with Gasteiger partial charge < -0.3 is 14.8 Å². The number of benzene rings is 2. The van der Waals surface area contributed by atoms with Crippen LogP contribution in [0.5, 0.6) is 11.5 Å². The van der Waals surface area contributed by atoms with Crippen LogP contribution in [0.15, 0.2) is 48.5 Å². The maximum atomic E-state index is 5.94. The van der Waals surface area contributed by atoms with Crippen LogP contribution in [-0.4, -0.2) is 13.2 Å². The lowest BCUT2D eigenvalue weighted by atomic mass is 9.87. The van der Waals surface area contributed by atoms with E-state index in [1.807, 2.05) is 6.07 Å². The van der Waals surface area contributed by atoms with Crippen molar-refractivity contribution in [3.63, 3.8) is 0 Å². The number of anilines is 1. The summed E-state index contributed by atoms with van der Waals surface area (Å²) in [5.74, 6) is 2.79. The Labute approximate surface area is 170 Å². The fourth-order valence-corrected chi connectivity index (χ4v) is 3.77. The SMILES string of the molecule is CCCCOc1cccc(CNc2ccc(OCCC3CCCCC3)cc2)c1. The summed E-state index contributed by atoms with van der Waals surface area (Å²) in [6.45, 7) is 4.58. The van der Waals surface area contributed by atoms with Gasteiger partial charge in [-0.05, 0) is 60.7 Å². The summed E-state index contributed by atoms with van der Waals surface area (Å²) < 4.78 is 11.7. The fraction of sp³-hybridized carbons (Fsp3) is 0.520. The summed E-state index contributed by atoms with van der Waals surface area (Å²) in [4.78, 5) is 0. The van der Waals surface area contributed by atoms with Gasteiger partial charge in [0, 0.05) is 12.2 Å². The van der Waals surface area contributed by atoms with Gasteiger partial charge in [0.25, 0.3) is 0 Å². The zero-order chi connectivity index (χ0) is 19.4. The van der Waals surface area contributed by atoms with Crippen molar-refractivity contribution in [1.82, 2.24) is 0 Å². The van der Waals surface area contributed by atoms with Crippen LogP contribution >= 0.6 is 0 Å². The number of rotatable bonds is 11. The molecule has 3 nitrogen and oxygen atoms in total. The van der Waals surface area contributed by atoms with Crippen LogP contribution in [0.1, 0.15) is 63.9 Å². The Morgan fingerprint density at radius 3 is 2.46 bits per heavy atom. The molecular weight excluding hydrogens is 346 g/mol. The highest BCUT2D eigenvalue weighted by Gasteiger charge is 2.13. The van der Waals surface area contributed by atoms with Crippen LogP contribution in [0.25, 0.3) is 0 Å². The molecule has 0 radical (unpaired) electrons. The standard InChI is InChI=1S/C25H35NO2/c1-2-3-17-27-25-11-7-10-22(19-25)20-26-23-12-14-24(15-13-23)28-18-16-21-8-5-4-6-9-21/h7,10-15,19,21,26H,2-6,8-9,16-18,20H2,1H3. The van der Waals surface area contributed by atoms with E-state index in [2.05, 4.69) is 54.7 Å². The summed E-state index contributed by atoms with van der Waals surface area (Å²) in [7, 11) is 0. The van der Waals surface area contributed by atoms with E-state index >= 15 is 0 Å². The van der Waals surface area contributed by atoms with E-state index in [1.165, 1.54) is 44.1 Å². The number of hydrogen-bond donors (Lipinski definition) is 1. The predicted octanol–water partition coefficient (Wildman–Crippen LogP) is 6.83. The fourth-order valence-electron chi connectivity index (χ4n) is 3.77. The predicted molar refractivity (Wildman–Crippen MR) is 117 cm³/mol. The second-order valence-electron chi connectivity index (χ2n) is 7.87. The minimum Gasteiger partial charge on any atom is -0.494 e. The molecule has 0 spiro atoms. The first-order chi connectivity index (χ1) is 13.8. The average Bonchev–Trinajstić information content (AvgIpc) is 2.74. The Balaban J connectivity index is 1.39. The molecule has 1 aliphatic rings. The maximum Gasteiger partial charge on any atom is 0.119 e. The van der Waals surface area contributed by atoms with Gasteiger partial charge in [-0.25, -0.2) is 0 Å². The molecule has 0 heterocycles. The first-order valence-corrected chi connectivity index (χ1v) is 11.0. The summed E-state index contributed by atoms with van der Waals surface area (Å²) in [6.07, 6.45) is 10.4. The molecule has 1 fully saturated rings. The highest BCUT2D eigenvalue weighted by Crippen LogP contribution is 2.26. The molecule has 3 heteroatoms. The summed E-state index contributed by atoms with van der Waals surface area (Å²) in [5, 5.41) is 3.48. The van der Waals surface area contributed by atoms with Crippen LogP contribution in [0.4, 0.5) is 5.69 Å². The number of hydrogen-bond acceptors (Lipinski definition) is 3. The van der Waals surface area contributed by atoms with Gasteiger partial charge in [0.2, 0.25) is 0 Å². The molecule has 0 aromatic heterocycles. The monoisotopic (exact) mass is 381 g/mol. The quantitative estimate of drug-likeness (QED) is 0.433. The zero-order valence-electron chi connectivity index (χ0n) is 17.3. The molecule has 2 aromatic carbocycles. The number of unbranched alkanes of at least 4 members (excludes halogenated alkanes) is 1. The van der Waals surface area contributed by atoms with Crippen molar-refractivity contribution in [2.75, 3.05) is 18.5 Å². The topological polar surface area (TPSA) is 30.5 Å². The highest BCUT2D eigenvalue weighted by molar-refractivity contribution is 5.47. The maximum absolute atomic E-state index is 5.94. The second kappa shape index (κ2) is 11.6. The summed E-state index contributed by atoms with van der Waals surface area (Å²) in [6, 6.07) is 16.6. The van der Waals surface area contributed by atoms with E-state index in [-0.39, 0.29) is 0 Å². The third-order valence-corrected chi connectivity index (χ3v) is 5.54. The van der Waals surface area contributed by atoms with Gasteiger partial charge in [-0.3, -0.25) is 0 Å². The largest absolute Gasteiger partial charge is 0.494 e. The van der Waals surface area contributed by atoms with Crippen molar-refractivity contribution < 1.29 is 9.47 Å². The van der Waals surface area contributed by atoms with Crippen LogP contribution in [0.3, 0.4) is 0 Å². The molecule has 3 rings (SSSR count). The van der Waals surface area contributed by atoms with Gasteiger partial charge in [0.1, 0.15) is 11.5 Å². The van der Waals surface area contributed by atoms with Crippen LogP contribution in [0.2, 0.25) is 0 Å². The van der Waals surface area contributed by atoms with Crippen LogP contribution < -0.4 is 14.8 Å². The van der Waals surface area contributed by atoms with Crippen molar-refractivity contribution in [2.45, 2.75) is 64.8 Å². The first kappa shape index (κ1) is 20.6. The molecule has 0 amide bonds. The van der Waals surface area contributed by atoms with E-state index in [0.717, 1.165) is 55.7 Å². The molecule has 0 unspecified atom stereocenters. The molecule has 0 saturated heterocycles. The molecule has 1 saturated carbocycles. The molecule has 2 aromatic rings. The summed E-state index contributed by atoms with van der Waals surface area (Å²) >= 11 is 0. The molecule has 0 bridgehead atoms. The van der Waals surface area contributed by atoms with Crippen LogP contribution in [0, 0.1) is 5.92 Å². The third-order valence-electron chi connectivity index (χ3n) is 5.54. The van der Waals surface area contributed by atoms with E-state index in [0.29, 0.717) is 0 Å². The van der Waals surface area contributed by atoms with Gasteiger partial charge in [0.15, 0.2) is 0 Å². The number of ether oxygens (including phenoxy) is 2. The van der Waals surface area contributed by atoms with Gasteiger partial charge in [0.05, 0.1) is 13.2 Å². The Morgan fingerprint density at radius 2 is 1.68 bits per heavy atom. The van der Waals surface area contributed by atoms with Crippen molar-refractivity contribution in [3.8, 4) is 11.5 Å². The molecule has 0 atom stereocenters. The third kappa shape index (κ3) is 7.10. The highest BCUT2D eigenvalue weighted by atomic mass is 16.5.